The maximum Gasteiger partial charge on any atom is 0.336 e. The summed E-state index contributed by atoms with van der Waals surface area (Å²) in [7, 11) is 1.24. The van der Waals surface area contributed by atoms with E-state index in [1.165, 1.54) is 7.11 Å². The van der Waals surface area contributed by atoms with Crippen molar-refractivity contribution in [2.24, 2.45) is 0 Å². The van der Waals surface area contributed by atoms with Crippen LogP contribution in [0.1, 0.15) is 11.8 Å². The summed E-state index contributed by atoms with van der Waals surface area (Å²) in [4.78, 5) is 16.5. The Labute approximate surface area is 115 Å². The number of pyridine rings is 1. The molecule has 4 nitrogen and oxygen atoms in total. The summed E-state index contributed by atoms with van der Waals surface area (Å²) in [6.45, 7) is 3.51. The van der Waals surface area contributed by atoms with Crippen LogP contribution in [-0.4, -0.2) is 23.2 Å². The number of nitrogens with zero attached hydrogens (tertiary/aromatic N) is 1. The van der Waals surface area contributed by atoms with E-state index in [0.29, 0.717) is 5.69 Å². The average molecular weight is 275 g/mol. The maximum atomic E-state index is 11.3. The molecule has 2 aromatic heterocycles. The maximum absolute atomic E-state index is 11.3. The van der Waals surface area contributed by atoms with Crippen LogP contribution >= 0.6 is 11.3 Å². The van der Waals surface area contributed by atoms with Gasteiger partial charge in [0, 0.05) is 16.6 Å². The minimum atomic E-state index is -1.15. The molecule has 2 rings (SSSR count). The van der Waals surface area contributed by atoms with E-state index in [1.54, 1.807) is 23.6 Å². The Morgan fingerprint density at radius 2 is 2.26 bits per heavy atom. The molecule has 2 aromatic rings. The number of aliphatic hydroxyl groups is 1. The van der Waals surface area contributed by atoms with E-state index in [9.17, 15) is 9.90 Å². The molecule has 0 radical (unpaired) electrons. The molecule has 2 heterocycles. The molecule has 1 N–H and O–H groups in total. The fourth-order valence-electron chi connectivity index (χ4n) is 1.58. The fourth-order valence-corrected chi connectivity index (χ4v) is 2.29. The zero-order valence-corrected chi connectivity index (χ0v) is 11.2. The van der Waals surface area contributed by atoms with Gasteiger partial charge in [0.2, 0.25) is 0 Å². The van der Waals surface area contributed by atoms with E-state index in [0.717, 1.165) is 10.4 Å². The van der Waals surface area contributed by atoms with Gasteiger partial charge in [0.25, 0.3) is 0 Å². The van der Waals surface area contributed by atoms with E-state index in [-0.39, 0.29) is 5.57 Å². The van der Waals surface area contributed by atoms with Crippen molar-refractivity contribution < 1.29 is 14.6 Å². The first kappa shape index (κ1) is 13.5. The Hall–Kier alpha value is -1.98. The van der Waals surface area contributed by atoms with Crippen molar-refractivity contribution in [1.82, 2.24) is 4.98 Å². The van der Waals surface area contributed by atoms with Crippen LogP contribution in [0.5, 0.6) is 0 Å². The van der Waals surface area contributed by atoms with Crippen molar-refractivity contribution in [3.63, 3.8) is 0 Å². The molecule has 1 atom stereocenters. The van der Waals surface area contributed by atoms with Crippen LogP contribution in [0.3, 0.4) is 0 Å². The van der Waals surface area contributed by atoms with Crippen LogP contribution < -0.4 is 0 Å². The first-order valence-electron chi connectivity index (χ1n) is 5.58. The number of thiophene rings is 1. The van der Waals surface area contributed by atoms with Crippen LogP contribution in [0.2, 0.25) is 0 Å². The van der Waals surface area contributed by atoms with Crippen molar-refractivity contribution in [2.45, 2.75) is 6.10 Å². The van der Waals surface area contributed by atoms with Crippen LogP contribution in [0.25, 0.3) is 10.4 Å². The Bertz CT molecular complexity index is 575. The third-order valence-electron chi connectivity index (χ3n) is 2.65. The third kappa shape index (κ3) is 2.89. The van der Waals surface area contributed by atoms with Gasteiger partial charge in [-0.25, -0.2) is 4.79 Å². The highest BCUT2D eigenvalue weighted by atomic mass is 32.1. The predicted molar refractivity (Wildman–Crippen MR) is 73.7 cm³/mol. The molecule has 0 spiro atoms. The summed E-state index contributed by atoms with van der Waals surface area (Å²) in [6, 6.07) is 7.48. The molecule has 0 aliphatic carbocycles. The molecule has 0 aliphatic rings. The molecule has 5 heteroatoms. The summed E-state index contributed by atoms with van der Waals surface area (Å²) in [6.07, 6.45) is 0.513. The first-order valence-corrected chi connectivity index (χ1v) is 6.46. The molecule has 0 aliphatic heterocycles. The number of aliphatic hydroxyl groups excluding tert-OH is 1. The number of carbonyl (C=O) groups excluding carboxylic acids is 1. The molecular formula is C14H13NO3S. The summed E-state index contributed by atoms with van der Waals surface area (Å²) >= 11 is 1.61. The van der Waals surface area contributed by atoms with Gasteiger partial charge in [-0.05, 0) is 17.5 Å². The highest BCUT2D eigenvalue weighted by molar-refractivity contribution is 7.13. The smallest absolute Gasteiger partial charge is 0.336 e. The first-order chi connectivity index (χ1) is 9.13. The Morgan fingerprint density at radius 3 is 2.79 bits per heavy atom. The molecule has 0 fully saturated rings. The number of carbonyl (C=O) groups is 1. The van der Waals surface area contributed by atoms with Crippen LogP contribution in [0, 0.1) is 0 Å². The van der Waals surface area contributed by atoms with Gasteiger partial charge in [0.05, 0.1) is 18.4 Å². The van der Waals surface area contributed by atoms with E-state index >= 15 is 0 Å². The molecule has 98 valence electrons. The van der Waals surface area contributed by atoms with E-state index in [1.807, 2.05) is 23.6 Å². The fraction of sp³-hybridized carbons (Fsp3) is 0.143. The predicted octanol–water partition coefficient (Wildman–Crippen LogP) is 2.57. The van der Waals surface area contributed by atoms with Crippen LogP contribution in [-0.2, 0) is 9.53 Å². The highest BCUT2D eigenvalue weighted by Crippen LogP contribution is 2.26. The number of methoxy groups -OCH3 is 1. The molecule has 1 unspecified atom stereocenters. The number of rotatable bonds is 4. The number of hydrogen-bond acceptors (Lipinski definition) is 5. The molecular weight excluding hydrogens is 262 g/mol. The van der Waals surface area contributed by atoms with E-state index < -0.39 is 12.1 Å². The number of ether oxygens (including phenoxy) is 1. The summed E-state index contributed by atoms with van der Waals surface area (Å²) in [5, 5.41) is 11.9. The third-order valence-corrected chi connectivity index (χ3v) is 3.57. The minimum absolute atomic E-state index is 0.0288. The zero-order chi connectivity index (χ0) is 13.8. The summed E-state index contributed by atoms with van der Waals surface area (Å²) < 4.78 is 4.51. The number of hydrogen-bond donors (Lipinski definition) is 1. The molecule has 0 bridgehead atoms. The van der Waals surface area contributed by atoms with E-state index in [4.69, 9.17) is 0 Å². The Kier molecular flexibility index (Phi) is 4.09. The van der Waals surface area contributed by atoms with Crippen molar-refractivity contribution in [3.05, 3.63) is 53.7 Å². The largest absolute Gasteiger partial charge is 0.466 e. The molecule has 19 heavy (non-hydrogen) atoms. The average Bonchev–Trinajstić information content (AvgIpc) is 2.99. The lowest BCUT2D eigenvalue weighted by Crippen LogP contribution is -2.12. The van der Waals surface area contributed by atoms with Crippen molar-refractivity contribution in [3.8, 4) is 10.4 Å². The number of aromatic nitrogens is 1. The van der Waals surface area contributed by atoms with Gasteiger partial charge in [-0.2, -0.15) is 0 Å². The lowest BCUT2D eigenvalue weighted by Gasteiger charge is -2.11. The lowest BCUT2D eigenvalue weighted by atomic mass is 10.1. The normalized spacial score (nSPS) is 11.9. The second kappa shape index (κ2) is 5.77. The van der Waals surface area contributed by atoms with Crippen molar-refractivity contribution in [1.29, 1.82) is 0 Å². The quantitative estimate of drug-likeness (QED) is 0.688. The monoisotopic (exact) mass is 275 g/mol. The van der Waals surface area contributed by atoms with Gasteiger partial charge in [0.1, 0.15) is 6.10 Å². The number of esters is 1. The van der Waals surface area contributed by atoms with Gasteiger partial charge in [-0.15, -0.1) is 11.3 Å². The SMILES string of the molecule is C=C(C(=O)OC)C(O)c1ccc(-c2cccs2)cn1. The van der Waals surface area contributed by atoms with Gasteiger partial charge >= 0.3 is 5.97 Å². The molecule has 0 amide bonds. The minimum Gasteiger partial charge on any atom is -0.466 e. The standard InChI is InChI=1S/C14H13NO3S/c1-9(14(17)18-2)13(16)11-6-5-10(8-15-11)12-4-3-7-19-12/h3-8,13,16H,1H2,2H3. The topological polar surface area (TPSA) is 59.4 Å². The summed E-state index contributed by atoms with van der Waals surface area (Å²) in [5.74, 6) is -0.642. The van der Waals surface area contributed by atoms with Crippen LogP contribution in [0.15, 0.2) is 48.0 Å². The molecule has 0 saturated carbocycles. The van der Waals surface area contributed by atoms with E-state index in [2.05, 4.69) is 16.3 Å². The van der Waals surface area contributed by atoms with Gasteiger partial charge in [-0.1, -0.05) is 18.7 Å². The van der Waals surface area contributed by atoms with Crippen LogP contribution in [0.4, 0.5) is 0 Å². The lowest BCUT2D eigenvalue weighted by molar-refractivity contribution is -0.137. The van der Waals surface area contributed by atoms with Gasteiger partial charge in [0.15, 0.2) is 0 Å². The Balaban J connectivity index is 2.19. The van der Waals surface area contributed by atoms with Gasteiger partial charge in [-0.3, -0.25) is 4.98 Å². The van der Waals surface area contributed by atoms with Crippen molar-refractivity contribution >= 4 is 17.3 Å². The second-order valence-electron chi connectivity index (χ2n) is 3.87. The molecule has 0 aromatic carbocycles. The van der Waals surface area contributed by atoms with Gasteiger partial charge < -0.3 is 9.84 Å². The zero-order valence-electron chi connectivity index (χ0n) is 10.4. The summed E-state index contributed by atoms with van der Waals surface area (Å²) in [5.41, 5.74) is 1.31. The molecule has 0 saturated heterocycles. The Morgan fingerprint density at radius 1 is 1.47 bits per heavy atom. The second-order valence-corrected chi connectivity index (χ2v) is 4.82. The highest BCUT2D eigenvalue weighted by Gasteiger charge is 2.20. The van der Waals surface area contributed by atoms with Crippen molar-refractivity contribution in [2.75, 3.05) is 7.11 Å².